The highest BCUT2D eigenvalue weighted by atomic mass is 35.5. The van der Waals surface area contributed by atoms with E-state index in [2.05, 4.69) is 10.6 Å². The summed E-state index contributed by atoms with van der Waals surface area (Å²) in [6, 6.07) is 12.8. The van der Waals surface area contributed by atoms with E-state index in [-0.39, 0.29) is 31.8 Å². The van der Waals surface area contributed by atoms with Crippen molar-refractivity contribution >= 4 is 47.1 Å². The van der Waals surface area contributed by atoms with Crippen LogP contribution >= 0.6 is 23.2 Å². The van der Waals surface area contributed by atoms with Crippen molar-refractivity contribution in [2.45, 2.75) is 65.0 Å². The standard InChI is InChI=1S/C20H29ClN2O5.C20H25ClN2O5/c1-4-20(18(26)27)15(11-28-10-9-22)23-12(2)19(3,17(24)25)16(20)13-7-5-6-8-14(13)21;1-4-28-20(25)18-15(11-27-10-9-22)23-12(2)16(19(24)26-3)17(18)13-7-5-6-8-14(13)21/h5-8,12,15-16,23H,4,9-11,22H2,1-3H3,(H,24,25)(H,26,27);5-8,17,23H,4,9-11,22H2,1-3H3. The first kappa shape index (κ1) is 46.4. The van der Waals surface area contributed by atoms with Crippen molar-refractivity contribution in [1.29, 1.82) is 0 Å². The van der Waals surface area contributed by atoms with E-state index in [1.807, 2.05) is 0 Å². The third kappa shape index (κ3) is 9.56. The third-order valence-corrected chi connectivity index (χ3v) is 11.3. The average Bonchev–Trinajstić information content (AvgIpc) is 3.16. The van der Waals surface area contributed by atoms with Crippen molar-refractivity contribution in [2.24, 2.45) is 22.3 Å². The second kappa shape index (κ2) is 20.9. The van der Waals surface area contributed by atoms with Crippen LogP contribution in [-0.2, 0) is 38.1 Å². The molecule has 2 aromatic carbocycles. The van der Waals surface area contributed by atoms with Gasteiger partial charge < -0.3 is 51.3 Å². The number of ether oxygens (including phenoxy) is 4. The molecule has 0 saturated carbocycles. The molecule has 0 aliphatic carbocycles. The van der Waals surface area contributed by atoms with Crippen LogP contribution in [0.2, 0.25) is 10.0 Å². The lowest BCUT2D eigenvalue weighted by molar-refractivity contribution is -0.174. The molecule has 2 aliphatic heterocycles. The van der Waals surface area contributed by atoms with Gasteiger partial charge in [-0.15, -0.1) is 0 Å². The molecule has 0 radical (unpaired) electrons. The van der Waals surface area contributed by atoms with Crippen LogP contribution in [0, 0.1) is 10.8 Å². The number of rotatable bonds is 16. The van der Waals surface area contributed by atoms with Crippen LogP contribution in [-0.4, -0.2) is 99.4 Å². The number of halogens is 2. The number of carboxylic acids is 2. The van der Waals surface area contributed by atoms with Crippen molar-refractivity contribution in [3.8, 4) is 0 Å². The summed E-state index contributed by atoms with van der Waals surface area (Å²) >= 11 is 12.9. The van der Waals surface area contributed by atoms with Gasteiger partial charge in [-0.25, -0.2) is 9.59 Å². The second-order valence-electron chi connectivity index (χ2n) is 13.6. The highest BCUT2D eigenvalue weighted by Crippen LogP contribution is 2.58. The van der Waals surface area contributed by atoms with E-state index >= 15 is 0 Å². The van der Waals surface area contributed by atoms with E-state index in [1.54, 1.807) is 83.1 Å². The Morgan fingerprint density at radius 3 is 1.93 bits per heavy atom. The molecule has 1 saturated heterocycles. The molecule has 16 heteroatoms. The molecule has 0 bridgehead atoms. The zero-order valence-electron chi connectivity index (χ0n) is 32.7. The maximum atomic E-state index is 12.9. The van der Waals surface area contributed by atoms with Gasteiger partial charge in [0.05, 0.1) is 73.7 Å². The first-order valence-electron chi connectivity index (χ1n) is 18.4. The summed E-state index contributed by atoms with van der Waals surface area (Å²) in [5.41, 5.74) is 10.9. The van der Waals surface area contributed by atoms with E-state index in [4.69, 9.17) is 53.6 Å². The smallest absolute Gasteiger partial charge is 0.336 e. The van der Waals surface area contributed by atoms with Crippen LogP contribution in [0.3, 0.4) is 0 Å². The van der Waals surface area contributed by atoms with Crippen LogP contribution in [0.15, 0.2) is 71.1 Å². The molecule has 14 nitrogen and oxygen atoms in total. The van der Waals surface area contributed by atoms with E-state index in [1.165, 1.54) is 7.11 Å². The second-order valence-corrected chi connectivity index (χ2v) is 14.4. The summed E-state index contributed by atoms with van der Waals surface area (Å²) < 4.78 is 21.4. The number of nitrogens with one attached hydrogen (secondary N) is 2. The Balaban J connectivity index is 0.000000300. The summed E-state index contributed by atoms with van der Waals surface area (Å²) in [6.07, 6.45) is 0.206. The van der Waals surface area contributed by atoms with Gasteiger partial charge in [-0.2, -0.15) is 0 Å². The van der Waals surface area contributed by atoms with Gasteiger partial charge in [0.1, 0.15) is 0 Å². The van der Waals surface area contributed by atoms with Crippen molar-refractivity contribution in [1.82, 2.24) is 10.6 Å². The Hall–Kier alpha value is -4.02. The van der Waals surface area contributed by atoms with Gasteiger partial charge in [0.2, 0.25) is 0 Å². The minimum absolute atomic E-state index is 0.109. The van der Waals surface area contributed by atoms with Crippen LogP contribution in [0.1, 0.15) is 64.0 Å². The molecule has 4 rings (SSSR count). The van der Waals surface area contributed by atoms with Gasteiger partial charge in [-0.05, 0) is 57.4 Å². The summed E-state index contributed by atoms with van der Waals surface area (Å²) in [7, 11) is 1.29. The number of methoxy groups -OCH3 is 1. The van der Waals surface area contributed by atoms with E-state index < -0.39 is 58.6 Å². The number of piperidine rings is 1. The fourth-order valence-electron chi connectivity index (χ4n) is 7.70. The molecule has 0 spiro atoms. The van der Waals surface area contributed by atoms with E-state index in [0.717, 1.165) is 0 Å². The fourth-order valence-corrected chi connectivity index (χ4v) is 8.19. The van der Waals surface area contributed by atoms with Gasteiger partial charge in [-0.3, -0.25) is 9.59 Å². The van der Waals surface area contributed by atoms with Gasteiger partial charge in [0, 0.05) is 46.8 Å². The molecule has 1 fully saturated rings. The highest BCUT2D eigenvalue weighted by Gasteiger charge is 2.65. The normalized spacial score (nSPS) is 24.8. The zero-order valence-corrected chi connectivity index (χ0v) is 34.2. The first-order chi connectivity index (χ1) is 26.6. The largest absolute Gasteiger partial charge is 0.481 e. The van der Waals surface area contributed by atoms with E-state index in [9.17, 15) is 29.4 Å². The number of benzene rings is 2. The minimum atomic E-state index is -1.43. The van der Waals surface area contributed by atoms with Crippen molar-refractivity contribution in [3.05, 3.63) is 92.2 Å². The topological polar surface area (TPSA) is 222 Å². The molecular weight excluding hydrogens is 767 g/mol. The highest BCUT2D eigenvalue weighted by molar-refractivity contribution is 6.32. The third-order valence-electron chi connectivity index (χ3n) is 10.6. The number of hydrogen-bond acceptors (Lipinski definition) is 12. The molecule has 6 unspecified atom stereocenters. The lowest BCUT2D eigenvalue weighted by Gasteiger charge is -2.56. The lowest BCUT2D eigenvalue weighted by Crippen LogP contribution is -2.70. The van der Waals surface area contributed by atoms with Crippen molar-refractivity contribution in [2.75, 3.05) is 53.2 Å². The minimum Gasteiger partial charge on any atom is -0.481 e. The van der Waals surface area contributed by atoms with Gasteiger partial charge in [0.15, 0.2) is 0 Å². The van der Waals surface area contributed by atoms with Gasteiger partial charge in [-0.1, -0.05) is 66.5 Å². The number of carboxylic acid groups (broad SMARTS) is 2. The van der Waals surface area contributed by atoms with Gasteiger partial charge in [0.25, 0.3) is 0 Å². The first-order valence-corrected chi connectivity index (χ1v) is 19.1. The lowest BCUT2D eigenvalue weighted by atomic mass is 9.51. The summed E-state index contributed by atoms with van der Waals surface area (Å²) in [6.45, 7) is 10.2. The van der Waals surface area contributed by atoms with Gasteiger partial charge >= 0.3 is 23.9 Å². The Bertz CT molecular complexity index is 1790. The average molecular weight is 822 g/mol. The van der Waals surface area contributed by atoms with Crippen LogP contribution in [0.4, 0.5) is 0 Å². The maximum Gasteiger partial charge on any atom is 0.336 e. The molecule has 0 amide bonds. The number of esters is 2. The van der Waals surface area contributed by atoms with Crippen LogP contribution in [0.5, 0.6) is 0 Å². The van der Waals surface area contributed by atoms with Crippen LogP contribution < -0.4 is 22.1 Å². The Morgan fingerprint density at radius 2 is 1.43 bits per heavy atom. The molecule has 2 aliphatic rings. The van der Waals surface area contributed by atoms with E-state index in [0.29, 0.717) is 64.4 Å². The van der Waals surface area contributed by atoms with Crippen molar-refractivity contribution in [3.63, 3.8) is 0 Å². The Morgan fingerprint density at radius 1 is 0.857 bits per heavy atom. The number of nitrogens with two attached hydrogens (primary N) is 2. The van der Waals surface area contributed by atoms with Crippen LogP contribution in [0.25, 0.3) is 0 Å². The Kier molecular flexibility index (Phi) is 17.3. The maximum absolute atomic E-state index is 12.9. The molecular formula is C40H54Cl2N4O10. The number of allylic oxidation sites excluding steroid dienone is 1. The molecule has 2 heterocycles. The molecule has 56 heavy (non-hydrogen) atoms. The summed E-state index contributed by atoms with van der Waals surface area (Å²) in [5.74, 6) is -4.88. The molecule has 6 atom stereocenters. The SMILES string of the molecule is CCC1(C(=O)O)C(COCCN)NC(C)C(C)(C(=O)O)C1c1ccccc1Cl.CCOC(=O)C1=C(COCCN)NC(C)=C(C(=O)OC)C1c1ccccc1Cl. The predicted octanol–water partition coefficient (Wildman–Crippen LogP) is 4.60. The number of dihydropyridines is 1. The fraction of sp³-hybridized carbons (Fsp3) is 0.500. The van der Waals surface area contributed by atoms with Crippen molar-refractivity contribution < 1.29 is 48.3 Å². The molecule has 8 N–H and O–H groups in total. The number of carbonyl (C=O) groups is 4. The molecule has 308 valence electrons. The number of carbonyl (C=O) groups excluding carboxylic acids is 2. The Labute approximate surface area is 337 Å². The monoisotopic (exact) mass is 820 g/mol. The molecule has 0 aromatic heterocycles. The number of aliphatic carboxylic acids is 2. The molecule has 2 aromatic rings. The quantitative estimate of drug-likeness (QED) is 0.101. The summed E-state index contributed by atoms with van der Waals surface area (Å²) in [4.78, 5) is 50.6. The predicted molar refractivity (Wildman–Crippen MR) is 212 cm³/mol. The zero-order chi connectivity index (χ0) is 41.8. The summed E-state index contributed by atoms with van der Waals surface area (Å²) in [5, 5.41) is 27.7. The number of hydrogen-bond donors (Lipinski definition) is 6.